The van der Waals surface area contributed by atoms with Gasteiger partial charge in [0.05, 0.1) is 0 Å². The fourth-order valence-corrected chi connectivity index (χ4v) is 4.40. The van der Waals surface area contributed by atoms with Gasteiger partial charge in [0.25, 0.3) is 5.91 Å². The molecule has 3 N–H and O–H groups in total. The second kappa shape index (κ2) is 6.67. The molecule has 0 atom stereocenters. The van der Waals surface area contributed by atoms with E-state index in [1.165, 1.54) is 0 Å². The predicted octanol–water partition coefficient (Wildman–Crippen LogP) is 3.58. The molecule has 8 heteroatoms. The molecule has 0 saturated heterocycles. The largest absolute Gasteiger partial charge is 0.306 e. The van der Waals surface area contributed by atoms with E-state index in [0.29, 0.717) is 0 Å². The number of nitrogens with one attached hydrogen (secondary N) is 3. The average molecular weight is 347 g/mol. The van der Waals surface area contributed by atoms with Crippen LogP contribution in [0.2, 0.25) is 0 Å². The molecule has 0 bridgehead atoms. The number of hydrogen-bond acceptors (Lipinski definition) is 2. The van der Waals surface area contributed by atoms with Crippen molar-refractivity contribution < 1.29 is 18.1 Å². The third-order valence-electron chi connectivity index (χ3n) is 2.43. The maximum absolute atomic E-state index is 13.7. The molecular weight excluding hydrogens is 323 g/mol. The third-order valence-corrected chi connectivity index (χ3v) is 4.92. The molecule has 130 valence electrons. The van der Waals surface area contributed by atoms with Gasteiger partial charge in [0.2, 0.25) is 0 Å². The smallest absolute Gasteiger partial charge is 0.279 e. The normalized spacial score (nSPS) is 13.0. The maximum atomic E-state index is 13.7. The van der Waals surface area contributed by atoms with E-state index < -0.39 is 41.8 Å². The van der Waals surface area contributed by atoms with Gasteiger partial charge in [0.15, 0.2) is 0 Å². The van der Waals surface area contributed by atoms with Gasteiger partial charge in [0.1, 0.15) is 17.2 Å². The van der Waals surface area contributed by atoms with Crippen molar-refractivity contribution in [3.05, 3.63) is 35.4 Å². The van der Waals surface area contributed by atoms with Crippen molar-refractivity contribution in [1.82, 2.24) is 15.3 Å². The number of hydrogen-bond donors (Lipinski definition) is 3. The Morgan fingerprint density at radius 1 is 0.957 bits per heavy atom. The molecule has 0 aromatic heterocycles. The highest BCUT2D eigenvalue weighted by Gasteiger charge is 2.34. The zero-order chi connectivity index (χ0) is 18.1. The second-order valence-corrected chi connectivity index (χ2v) is 9.26. The third kappa shape index (κ3) is 6.37. The Bertz CT molecular complexity index is 596. The Morgan fingerprint density at radius 2 is 1.35 bits per heavy atom. The first-order valence-electron chi connectivity index (χ1n) is 7.18. The van der Waals surface area contributed by atoms with Gasteiger partial charge in [-0.05, 0) is 53.7 Å². The minimum atomic E-state index is -3.66. The summed E-state index contributed by atoms with van der Waals surface area (Å²) >= 11 is 0. The number of amides is 1. The molecule has 0 aliphatic carbocycles. The number of carbonyl (C=O) groups excluding carboxylic acids is 1. The maximum Gasteiger partial charge on any atom is 0.306 e. The van der Waals surface area contributed by atoms with E-state index in [2.05, 4.69) is 15.3 Å². The van der Waals surface area contributed by atoms with Crippen LogP contribution in [0.25, 0.3) is 0 Å². The van der Waals surface area contributed by atoms with E-state index in [4.69, 9.17) is 0 Å². The SMILES string of the molecule is CC(C)(C)NP(=O)(NC(=O)c1c(F)cccc1F)NC(C)(C)C. The van der Waals surface area contributed by atoms with E-state index in [1.54, 1.807) is 41.5 Å². The van der Waals surface area contributed by atoms with Crippen molar-refractivity contribution >= 4 is 13.5 Å². The van der Waals surface area contributed by atoms with E-state index >= 15 is 0 Å². The molecule has 0 aliphatic heterocycles. The predicted molar refractivity (Wildman–Crippen MR) is 87.2 cm³/mol. The molecule has 0 radical (unpaired) electrons. The van der Waals surface area contributed by atoms with E-state index in [-0.39, 0.29) is 0 Å². The number of halogens is 2. The molecule has 0 unspecified atom stereocenters. The van der Waals surface area contributed by atoms with E-state index in [9.17, 15) is 18.1 Å². The summed E-state index contributed by atoms with van der Waals surface area (Å²) < 4.78 is 40.5. The van der Waals surface area contributed by atoms with Crippen LogP contribution in [0.3, 0.4) is 0 Å². The summed E-state index contributed by atoms with van der Waals surface area (Å²) in [6, 6.07) is 3.09. The molecule has 0 heterocycles. The summed E-state index contributed by atoms with van der Waals surface area (Å²) in [5.41, 5.74) is -1.97. The van der Waals surface area contributed by atoms with Crippen LogP contribution in [-0.2, 0) is 4.57 Å². The molecular formula is C15H24F2N3O2P. The van der Waals surface area contributed by atoms with Crippen molar-refractivity contribution in [1.29, 1.82) is 0 Å². The summed E-state index contributed by atoms with van der Waals surface area (Å²) in [7, 11) is -3.66. The first-order chi connectivity index (χ1) is 10.2. The molecule has 1 rings (SSSR count). The van der Waals surface area contributed by atoms with Crippen molar-refractivity contribution in [2.24, 2.45) is 0 Å². The molecule has 0 aliphatic rings. The lowest BCUT2D eigenvalue weighted by atomic mass is 10.1. The Labute approximate surface area is 135 Å². The fourth-order valence-electron chi connectivity index (χ4n) is 1.94. The molecule has 1 aromatic rings. The molecule has 1 aromatic carbocycles. The lowest BCUT2D eigenvalue weighted by molar-refractivity contribution is 0.0970. The summed E-state index contributed by atoms with van der Waals surface area (Å²) in [5, 5.41) is 7.81. The van der Waals surface area contributed by atoms with Crippen LogP contribution in [-0.4, -0.2) is 17.0 Å². The van der Waals surface area contributed by atoms with Crippen LogP contribution in [0, 0.1) is 11.6 Å². The van der Waals surface area contributed by atoms with Crippen molar-refractivity contribution in [3.8, 4) is 0 Å². The minimum Gasteiger partial charge on any atom is -0.279 e. The summed E-state index contributed by atoms with van der Waals surface area (Å²) in [5.74, 6) is -3.11. The molecule has 0 fully saturated rings. The average Bonchev–Trinajstić information content (AvgIpc) is 2.21. The molecule has 1 amide bonds. The lowest BCUT2D eigenvalue weighted by Crippen LogP contribution is -2.48. The summed E-state index contributed by atoms with van der Waals surface area (Å²) in [6.45, 7) is 10.6. The summed E-state index contributed by atoms with van der Waals surface area (Å²) in [4.78, 5) is 12.2. The number of carbonyl (C=O) groups is 1. The van der Waals surface area contributed by atoms with Gasteiger partial charge in [-0.15, -0.1) is 0 Å². The topological polar surface area (TPSA) is 70.2 Å². The molecule has 0 spiro atoms. The first-order valence-corrected chi connectivity index (χ1v) is 8.89. The highest BCUT2D eigenvalue weighted by molar-refractivity contribution is 7.58. The van der Waals surface area contributed by atoms with Crippen LogP contribution in [0.5, 0.6) is 0 Å². The summed E-state index contributed by atoms with van der Waals surface area (Å²) in [6.07, 6.45) is 0. The van der Waals surface area contributed by atoms with Gasteiger partial charge >= 0.3 is 7.59 Å². The van der Waals surface area contributed by atoms with Crippen LogP contribution in [0.4, 0.5) is 8.78 Å². The van der Waals surface area contributed by atoms with Gasteiger partial charge < -0.3 is 0 Å². The van der Waals surface area contributed by atoms with E-state index in [1.807, 2.05) is 0 Å². The number of rotatable bonds is 4. The second-order valence-electron chi connectivity index (χ2n) is 7.37. The Morgan fingerprint density at radius 3 is 1.70 bits per heavy atom. The van der Waals surface area contributed by atoms with Gasteiger partial charge in [-0.2, -0.15) is 0 Å². The Kier molecular flexibility index (Phi) is 5.73. The van der Waals surface area contributed by atoms with Crippen LogP contribution in [0.1, 0.15) is 51.9 Å². The highest BCUT2D eigenvalue weighted by Crippen LogP contribution is 2.37. The first kappa shape index (κ1) is 19.7. The fraction of sp³-hybridized carbons (Fsp3) is 0.533. The lowest BCUT2D eigenvalue weighted by Gasteiger charge is -2.34. The Hall–Kier alpha value is -1.30. The van der Waals surface area contributed by atoms with Gasteiger partial charge in [0, 0.05) is 11.1 Å². The quantitative estimate of drug-likeness (QED) is 0.728. The Balaban J connectivity index is 3.15. The van der Waals surface area contributed by atoms with Gasteiger partial charge in [-0.3, -0.25) is 14.4 Å². The van der Waals surface area contributed by atoms with Crippen molar-refractivity contribution in [2.75, 3.05) is 0 Å². The van der Waals surface area contributed by atoms with Crippen LogP contribution < -0.4 is 15.3 Å². The highest BCUT2D eigenvalue weighted by atomic mass is 31.2. The van der Waals surface area contributed by atoms with Crippen LogP contribution in [0.15, 0.2) is 18.2 Å². The minimum absolute atomic E-state index is 0.602. The molecule has 23 heavy (non-hydrogen) atoms. The molecule has 0 saturated carbocycles. The van der Waals surface area contributed by atoms with Crippen LogP contribution >= 0.6 is 7.59 Å². The van der Waals surface area contributed by atoms with Crippen molar-refractivity contribution in [3.63, 3.8) is 0 Å². The zero-order valence-corrected chi connectivity index (χ0v) is 15.1. The van der Waals surface area contributed by atoms with Gasteiger partial charge in [-0.1, -0.05) is 6.07 Å². The van der Waals surface area contributed by atoms with E-state index in [0.717, 1.165) is 18.2 Å². The standard InChI is InChI=1S/C15H24F2N3O2P/c1-14(2,3)19-23(22,20-15(4,5)6)18-13(21)12-10(16)8-7-9-11(12)17/h7-9H,1-6H3,(H3,18,19,20,21,22). The van der Waals surface area contributed by atoms with Gasteiger partial charge in [-0.25, -0.2) is 19.0 Å². The van der Waals surface area contributed by atoms with Crippen molar-refractivity contribution in [2.45, 2.75) is 52.6 Å². The monoisotopic (exact) mass is 347 g/mol. The zero-order valence-electron chi connectivity index (χ0n) is 14.3. The molecule has 5 nitrogen and oxygen atoms in total. The number of benzene rings is 1.